The molecule has 0 saturated heterocycles. The van der Waals surface area contributed by atoms with Crippen molar-refractivity contribution in [2.24, 2.45) is 0 Å². The van der Waals surface area contributed by atoms with Crippen molar-refractivity contribution in [3.63, 3.8) is 0 Å². The minimum Gasteiger partial charge on any atom is -0.308 e. The van der Waals surface area contributed by atoms with Gasteiger partial charge in [-0.05, 0) is 13.1 Å². The maximum atomic E-state index is 4.42. The highest BCUT2D eigenvalue weighted by atomic mass is 14.9. The molecular weight excluding hydrogens is 238 g/mol. The van der Waals surface area contributed by atoms with E-state index in [1.165, 1.54) is 0 Å². The minimum atomic E-state index is -0.0471. The topological polar surface area (TPSA) is 63.6 Å². The van der Waals surface area contributed by atoms with Gasteiger partial charge in [-0.15, -0.1) is 0 Å². The van der Waals surface area contributed by atoms with Crippen LogP contribution in [0.4, 0.5) is 0 Å². The number of rotatable bonds is 3. The summed E-state index contributed by atoms with van der Waals surface area (Å²) in [5.41, 5.74) is 3.68. The van der Waals surface area contributed by atoms with Crippen molar-refractivity contribution in [1.29, 1.82) is 0 Å². The summed E-state index contributed by atoms with van der Waals surface area (Å²) in [4.78, 5) is 17.2. The van der Waals surface area contributed by atoms with Crippen molar-refractivity contribution >= 4 is 11.0 Å². The van der Waals surface area contributed by atoms with Crippen molar-refractivity contribution < 1.29 is 0 Å². The monoisotopic (exact) mass is 251 g/mol. The maximum Gasteiger partial charge on any atom is 0.0938 e. The van der Waals surface area contributed by atoms with Crippen molar-refractivity contribution in [3.05, 3.63) is 60.4 Å². The first-order valence-corrected chi connectivity index (χ1v) is 6.03. The van der Waals surface area contributed by atoms with Crippen LogP contribution < -0.4 is 5.32 Å². The lowest BCUT2D eigenvalue weighted by atomic mass is 10.0. The second kappa shape index (κ2) is 5.07. The molecule has 0 aliphatic rings. The molecule has 2 aromatic heterocycles. The molecule has 19 heavy (non-hydrogen) atoms. The molecule has 1 N–H and O–H groups in total. The van der Waals surface area contributed by atoms with E-state index >= 15 is 0 Å². The summed E-state index contributed by atoms with van der Waals surface area (Å²) < 4.78 is 0. The van der Waals surface area contributed by atoms with Crippen LogP contribution in [-0.2, 0) is 0 Å². The Kier molecular flexibility index (Phi) is 3.12. The summed E-state index contributed by atoms with van der Waals surface area (Å²) in [6.45, 7) is 0. The van der Waals surface area contributed by atoms with Crippen LogP contribution in [0.2, 0.25) is 0 Å². The number of aromatic nitrogens is 4. The number of benzene rings is 1. The molecule has 5 heteroatoms. The lowest BCUT2D eigenvalue weighted by Gasteiger charge is -2.16. The molecule has 1 atom stereocenters. The molecule has 3 aromatic rings. The summed E-state index contributed by atoms with van der Waals surface area (Å²) in [5, 5.41) is 3.26. The number of hydrogen-bond donors (Lipinski definition) is 1. The van der Waals surface area contributed by atoms with Gasteiger partial charge in [0.05, 0.1) is 29.0 Å². The zero-order valence-electron chi connectivity index (χ0n) is 10.5. The van der Waals surface area contributed by atoms with Crippen LogP contribution >= 0.6 is 0 Å². The van der Waals surface area contributed by atoms with Crippen LogP contribution in [0.3, 0.4) is 0 Å². The van der Waals surface area contributed by atoms with E-state index in [0.717, 1.165) is 22.3 Å². The van der Waals surface area contributed by atoms with E-state index in [4.69, 9.17) is 0 Å². The van der Waals surface area contributed by atoms with Crippen LogP contribution in [-0.4, -0.2) is 27.0 Å². The van der Waals surface area contributed by atoms with E-state index in [9.17, 15) is 0 Å². The highest BCUT2D eigenvalue weighted by molar-refractivity contribution is 5.78. The van der Waals surface area contributed by atoms with Gasteiger partial charge < -0.3 is 5.32 Å². The first-order valence-electron chi connectivity index (χ1n) is 6.03. The first kappa shape index (κ1) is 11.7. The van der Waals surface area contributed by atoms with Gasteiger partial charge in [-0.2, -0.15) is 0 Å². The van der Waals surface area contributed by atoms with Gasteiger partial charge in [-0.25, -0.2) is 0 Å². The maximum absolute atomic E-state index is 4.42. The van der Waals surface area contributed by atoms with Gasteiger partial charge in [0.1, 0.15) is 0 Å². The van der Waals surface area contributed by atoms with E-state index in [0.29, 0.717) is 0 Å². The molecule has 5 nitrogen and oxygen atoms in total. The minimum absolute atomic E-state index is 0.0471. The molecule has 0 aliphatic carbocycles. The van der Waals surface area contributed by atoms with E-state index in [-0.39, 0.29) is 6.04 Å². The summed E-state index contributed by atoms with van der Waals surface area (Å²) in [6, 6.07) is 5.92. The predicted octanol–water partition coefficient (Wildman–Crippen LogP) is 1.73. The standard InChI is InChI=1S/C14H13N5/c1-15-13(12-9-16-5-6-18-12)10-3-2-4-11-14(10)19-8-7-17-11/h2-9,13,15H,1H3. The Hall–Kier alpha value is -2.40. The molecule has 0 bridgehead atoms. The summed E-state index contributed by atoms with van der Waals surface area (Å²) >= 11 is 0. The highest BCUT2D eigenvalue weighted by Gasteiger charge is 2.16. The highest BCUT2D eigenvalue weighted by Crippen LogP contribution is 2.24. The zero-order chi connectivity index (χ0) is 13.1. The molecule has 2 heterocycles. The van der Waals surface area contributed by atoms with Gasteiger partial charge >= 0.3 is 0 Å². The average Bonchev–Trinajstić information content (AvgIpc) is 2.49. The van der Waals surface area contributed by atoms with Gasteiger partial charge in [0.25, 0.3) is 0 Å². The Morgan fingerprint density at radius 1 is 1.00 bits per heavy atom. The Balaban J connectivity index is 2.17. The molecule has 0 spiro atoms. The van der Waals surface area contributed by atoms with E-state index in [1.54, 1.807) is 31.0 Å². The SMILES string of the molecule is CNC(c1cnccn1)c1cccc2nccnc12. The lowest BCUT2D eigenvalue weighted by Crippen LogP contribution is -2.19. The Morgan fingerprint density at radius 3 is 2.63 bits per heavy atom. The number of nitrogens with one attached hydrogen (secondary N) is 1. The number of fused-ring (bicyclic) bond motifs is 1. The normalized spacial score (nSPS) is 12.5. The molecular formula is C14H13N5. The average molecular weight is 251 g/mol. The first-order chi connectivity index (χ1) is 9.40. The Morgan fingerprint density at radius 2 is 1.84 bits per heavy atom. The molecule has 0 fully saturated rings. The predicted molar refractivity (Wildman–Crippen MR) is 72.5 cm³/mol. The number of para-hydroxylation sites is 1. The van der Waals surface area contributed by atoms with Gasteiger partial charge in [-0.3, -0.25) is 19.9 Å². The second-order valence-electron chi connectivity index (χ2n) is 4.12. The molecule has 0 amide bonds. The van der Waals surface area contributed by atoms with Crippen LogP contribution in [0.15, 0.2) is 49.2 Å². The van der Waals surface area contributed by atoms with Gasteiger partial charge in [0.15, 0.2) is 0 Å². The molecule has 0 radical (unpaired) electrons. The summed E-state index contributed by atoms with van der Waals surface area (Å²) in [7, 11) is 1.90. The lowest BCUT2D eigenvalue weighted by molar-refractivity contribution is 0.670. The van der Waals surface area contributed by atoms with Crippen molar-refractivity contribution in [1.82, 2.24) is 25.3 Å². The van der Waals surface area contributed by atoms with E-state index < -0.39 is 0 Å². The quantitative estimate of drug-likeness (QED) is 0.768. The fourth-order valence-corrected chi connectivity index (χ4v) is 2.17. The van der Waals surface area contributed by atoms with Crippen LogP contribution in [0.25, 0.3) is 11.0 Å². The molecule has 0 saturated carbocycles. The summed E-state index contributed by atoms with van der Waals surface area (Å²) in [5.74, 6) is 0. The third-order valence-corrected chi connectivity index (χ3v) is 3.01. The zero-order valence-corrected chi connectivity index (χ0v) is 10.5. The fraction of sp³-hybridized carbons (Fsp3) is 0.143. The van der Waals surface area contributed by atoms with Crippen LogP contribution in [0.1, 0.15) is 17.3 Å². The Labute approximate surface area is 110 Å². The summed E-state index contributed by atoms with van der Waals surface area (Å²) in [6.07, 6.45) is 8.52. The fourth-order valence-electron chi connectivity index (χ4n) is 2.17. The largest absolute Gasteiger partial charge is 0.308 e. The molecule has 1 aromatic carbocycles. The third kappa shape index (κ3) is 2.15. The van der Waals surface area contributed by atoms with Gasteiger partial charge in [0.2, 0.25) is 0 Å². The Bertz CT molecular complexity index is 678. The van der Waals surface area contributed by atoms with Gasteiger partial charge in [0, 0.05) is 30.4 Å². The van der Waals surface area contributed by atoms with Crippen molar-refractivity contribution in [3.8, 4) is 0 Å². The molecule has 0 aliphatic heterocycles. The third-order valence-electron chi connectivity index (χ3n) is 3.01. The second-order valence-corrected chi connectivity index (χ2v) is 4.12. The van der Waals surface area contributed by atoms with Crippen molar-refractivity contribution in [2.75, 3.05) is 7.05 Å². The molecule has 94 valence electrons. The molecule has 3 rings (SSSR count). The van der Waals surface area contributed by atoms with Crippen molar-refractivity contribution in [2.45, 2.75) is 6.04 Å². The number of nitrogens with zero attached hydrogens (tertiary/aromatic N) is 4. The van der Waals surface area contributed by atoms with E-state index in [2.05, 4.69) is 25.3 Å². The van der Waals surface area contributed by atoms with Crippen LogP contribution in [0.5, 0.6) is 0 Å². The van der Waals surface area contributed by atoms with Gasteiger partial charge in [-0.1, -0.05) is 12.1 Å². The number of hydrogen-bond acceptors (Lipinski definition) is 5. The smallest absolute Gasteiger partial charge is 0.0938 e. The van der Waals surface area contributed by atoms with E-state index in [1.807, 2.05) is 25.2 Å². The van der Waals surface area contributed by atoms with Crippen LogP contribution in [0, 0.1) is 0 Å². The molecule has 1 unspecified atom stereocenters.